The molecule has 2 atom stereocenters. The van der Waals surface area contributed by atoms with E-state index in [1.54, 1.807) is 0 Å². The first-order chi connectivity index (χ1) is 22.8. The summed E-state index contributed by atoms with van der Waals surface area (Å²) >= 11 is 0. The van der Waals surface area contributed by atoms with Crippen LogP contribution in [0.2, 0.25) is 0 Å². The highest BCUT2D eigenvalue weighted by molar-refractivity contribution is 6.27. The van der Waals surface area contributed by atoms with E-state index < -0.39 is 35.8 Å². The summed E-state index contributed by atoms with van der Waals surface area (Å²) in [5.41, 5.74) is 0. The van der Waals surface area contributed by atoms with Crippen LogP contribution in [0.3, 0.4) is 0 Å². The predicted octanol–water partition coefficient (Wildman–Crippen LogP) is 1.21. The van der Waals surface area contributed by atoms with E-state index in [9.17, 15) is 9.59 Å². The number of carboxylic acid groups (broad SMARTS) is 6. The van der Waals surface area contributed by atoms with Crippen molar-refractivity contribution < 1.29 is 74.4 Å². The van der Waals surface area contributed by atoms with Crippen LogP contribution in [0.5, 0.6) is 11.5 Å². The van der Waals surface area contributed by atoms with Crippen LogP contribution in [0.4, 0.5) is 0 Å². The zero-order valence-corrected chi connectivity index (χ0v) is 26.8. The molecule has 2 fully saturated rings. The molecule has 2 aliphatic rings. The standard InChI is InChI=1S/2C14H19NO3.2C2H2O4.H2O/c2*16-14(17)12-5-4-8-15(11-12)9-10-18-13-6-2-1-3-7-13;2*3-1(4)2(5)6;/h2*1-3,6-7,12H,4-5,8-11H2,(H,16,17);2*(H,3,4)(H,5,6);1H2. The highest BCUT2D eigenvalue weighted by atomic mass is 16.5. The molecule has 17 heteroatoms. The molecule has 0 spiro atoms. The van der Waals surface area contributed by atoms with Gasteiger partial charge in [0.2, 0.25) is 0 Å². The molecule has 2 aromatic carbocycles. The lowest BCUT2D eigenvalue weighted by molar-refractivity contribution is -0.159. The Kier molecular flexibility index (Phi) is 22.2. The largest absolute Gasteiger partial charge is 0.492 e. The fraction of sp³-hybridized carbons (Fsp3) is 0.438. The molecular formula is C32H44N2O15. The number of carboxylic acids is 6. The van der Waals surface area contributed by atoms with Crippen molar-refractivity contribution in [1.29, 1.82) is 0 Å². The summed E-state index contributed by atoms with van der Waals surface area (Å²) in [5, 5.41) is 47.6. The number of benzene rings is 2. The molecule has 0 radical (unpaired) electrons. The molecule has 4 rings (SSSR count). The van der Waals surface area contributed by atoms with E-state index >= 15 is 0 Å². The van der Waals surface area contributed by atoms with Gasteiger partial charge in [-0.1, -0.05) is 36.4 Å². The van der Waals surface area contributed by atoms with Gasteiger partial charge in [0.1, 0.15) is 24.7 Å². The number of ether oxygens (including phenoxy) is 2. The Morgan fingerprint density at radius 2 is 0.857 bits per heavy atom. The fourth-order valence-corrected chi connectivity index (χ4v) is 4.54. The first kappa shape index (κ1) is 43.7. The Labute approximate surface area is 282 Å². The molecule has 0 saturated carbocycles. The SMILES string of the molecule is O.O=C(O)C(=O)O.O=C(O)C(=O)O.O=C(O)C1CCCN(CCOc2ccccc2)C1.O=C(O)C1CCCN(CCOc2ccccc2)C1. The molecule has 0 aromatic heterocycles. The van der Waals surface area contributed by atoms with Gasteiger partial charge in [0, 0.05) is 26.2 Å². The summed E-state index contributed by atoms with van der Waals surface area (Å²) in [7, 11) is 0. The van der Waals surface area contributed by atoms with Crippen LogP contribution in [0.25, 0.3) is 0 Å². The van der Waals surface area contributed by atoms with E-state index in [1.807, 2.05) is 60.7 Å². The van der Waals surface area contributed by atoms with Gasteiger partial charge < -0.3 is 45.6 Å². The van der Waals surface area contributed by atoms with E-state index in [4.69, 9.17) is 59.3 Å². The van der Waals surface area contributed by atoms with E-state index in [-0.39, 0.29) is 17.3 Å². The van der Waals surface area contributed by atoms with Crippen LogP contribution in [0.15, 0.2) is 60.7 Å². The van der Waals surface area contributed by atoms with Crippen LogP contribution >= 0.6 is 0 Å². The number of hydrogen-bond acceptors (Lipinski definition) is 10. The summed E-state index contributed by atoms with van der Waals surface area (Å²) in [4.78, 5) is 62.6. The van der Waals surface area contributed by atoms with Crippen LogP contribution in [0.1, 0.15) is 25.7 Å². The number of para-hydroxylation sites is 2. The Morgan fingerprint density at radius 3 is 1.12 bits per heavy atom. The normalized spacial score (nSPS) is 16.9. The van der Waals surface area contributed by atoms with E-state index in [2.05, 4.69) is 9.80 Å². The number of carbonyl (C=O) groups is 6. The quantitative estimate of drug-likeness (QED) is 0.190. The molecule has 2 heterocycles. The molecule has 0 amide bonds. The number of likely N-dealkylation sites (tertiary alicyclic amines) is 2. The molecule has 8 N–H and O–H groups in total. The monoisotopic (exact) mass is 696 g/mol. The minimum absolute atomic E-state index is 0. The van der Waals surface area contributed by atoms with Gasteiger partial charge in [-0.2, -0.15) is 0 Å². The molecule has 2 aliphatic heterocycles. The Morgan fingerprint density at radius 1 is 0.551 bits per heavy atom. The number of rotatable bonds is 10. The lowest BCUT2D eigenvalue weighted by Gasteiger charge is -2.30. The summed E-state index contributed by atoms with van der Waals surface area (Å²) in [6.45, 7) is 6.04. The van der Waals surface area contributed by atoms with Crippen molar-refractivity contribution in [3.8, 4) is 11.5 Å². The van der Waals surface area contributed by atoms with Crippen molar-refractivity contribution in [2.24, 2.45) is 11.8 Å². The molecule has 0 aliphatic carbocycles. The minimum atomic E-state index is -1.82. The third kappa shape index (κ3) is 20.6. The van der Waals surface area contributed by atoms with Gasteiger partial charge >= 0.3 is 35.8 Å². The lowest BCUT2D eigenvalue weighted by Crippen LogP contribution is -2.40. The summed E-state index contributed by atoms with van der Waals surface area (Å²) < 4.78 is 11.2. The van der Waals surface area contributed by atoms with Gasteiger partial charge in [0.25, 0.3) is 0 Å². The maximum absolute atomic E-state index is 10.9. The van der Waals surface area contributed by atoms with Gasteiger partial charge in [-0.25, -0.2) is 19.2 Å². The van der Waals surface area contributed by atoms with Gasteiger partial charge in [-0.05, 0) is 63.0 Å². The van der Waals surface area contributed by atoms with Crippen molar-refractivity contribution in [3.05, 3.63) is 60.7 Å². The molecule has 0 bridgehead atoms. The Balaban J connectivity index is 0.000000700. The molecular weight excluding hydrogens is 652 g/mol. The average molecular weight is 697 g/mol. The lowest BCUT2D eigenvalue weighted by atomic mass is 9.98. The first-order valence-corrected chi connectivity index (χ1v) is 15.0. The van der Waals surface area contributed by atoms with Crippen molar-refractivity contribution in [2.45, 2.75) is 25.7 Å². The van der Waals surface area contributed by atoms with Gasteiger partial charge in [-0.3, -0.25) is 19.4 Å². The second kappa shape index (κ2) is 24.9. The number of piperidine rings is 2. The van der Waals surface area contributed by atoms with Crippen molar-refractivity contribution in [2.75, 3.05) is 52.5 Å². The summed E-state index contributed by atoms with van der Waals surface area (Å²) in [6.07, 6.45) is 3.52. The van der Waals surface area contributed by atoms with E-state index in [0.717, 1.165) is 63.4 Å². The number of hydrogen-bond donors (Lipinski definition) is 6. The molecule has 2 aromatic rings. The predicted molar refractivity (Wildman–Crippen MR) is 172 cm³/mol. The molecule has 272 valence electrons. The third-order valence-electron chi connectivity index (χ3n) is 6.91. The van der Waals surface area contributed by atoms with Crippen LogP contribution in [-0.2, 0) is 28.8 Å². The van der Waals surface area contributed by atoms with Gasteiger partial charge in [0.05, 0.1) is 11.8 Å². The molecule has 17 nitrogen and oxygen atoms in total. The first-order valence-electron chi connectivity index (χ1n) is 15.0. The summed E-state index contributed by atoms with van der Waals surface area (Å²) in [5.74, 6) is -7.35. The third-order valence-corrected chi connectivity index (χ3v) is 6.91. The minimum Gasteiger partial charge on any atom is -0.492 e. The summed E-state index contributed by atoms with van der Waals surface area (Å²) in [6, 6.07) is 19.4. The Hall–Kier alpha value is -5.26. The Bertz CT molecular complexity index is 1170. The van der Waals surface area contributed by atoms with E-state index in [0.29, 0.717) is 26.3 Å². The van der Waals surface area contributed by atoms with Crippen LogP contribution in [-0.4, -0.2) is 134 Å². The maximum Gasteiger partial charge on any atom is 0.414 e. The van der Waals surface area contributed by atoms with E-state index in [1.165, 1.54) is 0 Å². The van der Waals surface area contributed by atoms with Gasteiger partial charge in [-0.15, -0.1) is 0 Å². The highest BCUT2D eigenvalue weighted by Gasteiger charge is 2.26. The molecule has 49 heavy (non-hydrogen) atoms. The van der Waals surface area contributed by atoms with Crippen molar-refractivity contribution in [1.82, 2.24) is 9.80 Å². The van der Waals surface area contributed by atoms with Crippen LogP contribution in [0, 0.1) is 11.8 Å². The second-order valence-electron chi connectivity index (χ2n) is 10.5. The van der Waals surface area contributed by atoms with Crippen LogP contribution < -0.4 is 9.47 Å². The van der Waals surface area contributed by atoms with Crippen molar-refractivity contribution >= 4 is 35.8 Å². The smallest absolute Gasteiger partial charge is 0.414 e. The number of nitrogens with zero attached hydrogens (tertiary/aromatic N) is 2. The van der Waals surface area contributed by atoms with Gasteiger partial charge in [0.15, 0.2) is 0 Å². The number of aliphatic carboxylic acids is 6. The average Bonchev–Trinajstić information content (AvgIpc) is 3.07. The second-order valence-corrected chi connectivity index (χ2v) is 10.5. The zero-order valence-electron chi connectivity index (χ0n) is 26.8. The topological polar surface area (TPSA) is 280 Å². The maximum atomic E-state index is 10.9. The molecule has 2 unspecified atom stereocenters. The highest BCUT2D eigenvalue weighted by Crippen LogP contribution is 2.18. The van der Waals surface area contributed by atoms with Crippen molar-refractivity contribution in [3.63, 3.8) is 0 Å². The zero-order chi connectivity index (χ0) is 35.9. The fourth-order valence-electron chi connectivity index (χ4n) is 4.54. The molecule has 2 saturated heterocycles.